The third kappa shape index (κ3) is 3.92. The number of halogens is 5. The number of carbonyl (C=O) groups excluding carboxylic acids is 2. The quantitative estimate of drug-likeness (QED) is 0.383. The summed E-state index contributed by atoms with van der Waals surface area (Å²) in [6.45, 7) is 1.55. The molecule has 0 saturated carbocycles. The second-order valence-electron chi connectivity index (χ2n) is 5.16. The molecule has 0 aliphatic carbocycles. The Labute approximate surface area is 162 Å². The van der Waals surface area contributed by atoms with Gasteiger partial charge in [-0.15, -0.1) is 24.2 Å². The van der Waals surface area contributed by atoms with Crippen LogP contribution in [-0.2, 0) is 14.3 Å². The average Bonchev–Trinajstić information content (AvgIpc) is 2.66. The Balaban J connectivity index is 0.00000242. The van der Waals surface area contributed by atoms with Crippen molar-refractivity contribution in [3.05, 3.63) is 0 Å². The zero-order valence-corrected chi connectivity index (χ0v) is 16.9. The first-order valence-electron chi connectivity index (χ1n) is 6.15. The summed E-state index contributed by atoms with van der Waals surface area (Å²) in [4.78, 5) is 25.8. The largest absolute Gasteiger partial charge is 0.460 e. The number of hydrogen-bond donors (Lipinski definition) is 1. The van der Waals surface area contributed by atoms with Crippen molar-refractivity contribution in [2.45, 2.75) is 39.3 Å². The zero-order valence-electron chi connectivity index (χ0n) is 11.4. The highest BCUT2D eigenvalue weighted by atomic mass is 79.9. The number of β-lactam (4-membered cyclic amide) rings is 1. The van der Waals surface area contributed by atoms with Crippen molar-refractivity contribution >= 4 is 86.8 Å². The molecule has 0 aromatic rings. The maximum Gasteiger partial charge on any atom is 0.330 e. The first-order chi connectivity index (χ1) is 9.60. The Bertz CT molecular complexity index is 467. The van der Waals surface area contributed by atoms with Crippen molar-refractivity contribution in [2.24, 2.45) is 5.73 Å². The van der Waals surface area contributed by atoms with Crippen molar-refractivity contribution < 1.29 is 14.3 Å². The highest BCUT2D eigenvalue weighted by Gasteiger charge is 2.64. The highest BCUT2D eigenvalue weighted by molar-refractivity contribution is 9.09. The Kier molecular flexibility index (Phi) is 7.06. The van der Waals surface area contributed by atoms with Crippen LogP contribution in [0.2, 0.25) is 0 Å². The average molecular weight is 477 g/mol. The topological polar surface area (TPSA) is 72.6 Å². The number of carbonyl (C=O) groups is 2. The van der Waals surface area contributed by atoms with Gasteiger partial charge in [-0.3, -0.25) is 4.79 Å². The van der Waals surface area contributed by atoms with E-state index in [4.69, 9.17) is 45.3 Å². The Morgan fingerprint density at radius 2 is 2.14 bits per heavy atom. The number of esters is 1. The molecule has 0 aromatic carbocycles. The van der Waals surface area contributed by atoms with Gasteiger partial charge >= 0.3 is 5.97 Å². The minimum atomic E-state index is -1.68. The standard InChI is InChI=1S/C11H14BrCl3N2O3S.ClH/c1-10(2-3-12)6(9(19)20-4-11(13,14)15)17-7(18)5(16)8(17)21-10;/h5-6,8H,2-4,16H2,1H3;1H/t5?,6?,8-,10?;/m1./s1. The van der Waals surface area contributed by atoms with Crippen molar-refractivity contribution in [3.63, 3.8) is 0 Å². The van der Waals surface area contributed by atoms with E-state index in [-0.39, 0.29) is 30.3 Å². The molecule has 2 aliphatic heterocycles. The summed E-state index contributed by atoms with van der Waals surface area (Å²) in [6.07, 6.45) is 0.679. The van der Waals surface area contributed by atoms with E-state index in [1.165, 1.54) is 16.7 Å². The SMILES string of the molecule is CC1(CCBr)S[C@@H]2C(N)C(=O)N2C1C(=O)OCC(Cl)(Cl)Cl.Cl. The van der Waals surface area contributed by atoms with Crippen LogP contribution in [0.4, 0.5) is 0 Å². The van der Waals surface area contributed by atoms with Gasteiger partial charge in [0.1, 0.15) is 24.1 Å². The van der Waals surface area contributed by atoms with E-state index in [2.05, 4.69) is 15.9 Å². The molecule has 4 atom stereocenters. The molecular weight excluding hydrogens is 462 g/mol. The van der Waals surface area contributed by atoms with E-state index >= 15 is 0 Å². The normalized spacial score (nSPS) is 33.8. The molecule has 2 rings (SSSR count). The highest BCUT2D eigenvalue weighted by Crippen LogP contribution is 2.52. The maximum atomic E-state index is 12.4. The molecule has 5 nitrogen and oxygen atoms in total. The van der Waals surface area contributed by atoms with Crippen LogP contribution in [0, 0.1) is 0 Å². The van der Waals surface area contributed by atoms with E-state index < -0.39 is 26.6 Å². The van der Waals surface area contributed by atoms with Crippen molar-refractivity contribution in [1.82, 2.24) is 4.90 Å². The Morgan fingerprint density at radius 3 is 2.64 bits per heavy atom. The molecule has 1 amide bonds. The molecule has 2 N–H and O–H groups in total. The predicted molar refractivity (Wildman–Crippen MR) is 95.3 cm³/mol. The van der Waals surface area contributed by atoms with Crippen LogP contribution < -0.4 is 5.73 Å². The fourth-order valence-electron chi connectivity index (χ4n) is 2.53. The van der Waals surface area contributed by atoms with Gasteiger partial charge in [0.25, 0.3) is 0 Å². The third-order valence-corrected chi connectivity index (χ3v) is 6.01. The van der Waals surface area contributed by atoms with Crippen LogP contribution in [0.5, 0.6) is 0 Å². The number of ether oxygens (including phenoxy) is 1. The van der Waals surface area contributed by atoms with Gasteiger partial charge in [0.05, 0.1) is 0 Å². The number of hydrogen-bond acceptors (Lipinski definition) is 5. The van der Waals surface area contributed by atoms with Crippen LogP contribution in [0.3, 0.4) is 0 Å². The molecule has 0 bridgehead atoms. The van der Waals surface area contributed by atoms with Gasteiger partial charge < -0.3 is 15.4 Å². The Hall–Kier alpha value is 0.890. The minimum Gasteiger partial charge on any atom is -0.460 e. The van der Waals surface area contributed by atoms with E-state index in [1.54, 1.807) is 0 Å². The van der Waals surface area contributed by atoms with Gasteiger partial charge in [0, 0.05) is 10.1 Å². The van der Waals surface area contributed by atoms with Crippen LogP contribution in [0.1, 0.15) is 13.3 Å². The van der Waals surface area contributed by atoms with Crippen LogP contribution in [-0.4, -0.2) is 54.7 Å². The van der Waals surface area contributed by atoms with Gasteiger partial charge in [-0.2, -0.15) is 0 Å². The van der Waals surface area contributed by atoms with Crippen molar-refractivity contribution in [1.29, 1.82) is 0 Å². The lowest BCUT2D eigenvalue weighted by Crippen LogP contribution is -2.69. The monoisotopic (exact) mass is 474 g/mol. The van der Waals surface area contributed by atoms with Gasteiger partial charge in [-0.25, -0.2) is 4.79 Å². The summed E-state index contributed by atoms with van der Waals surface area (Å²) in [5.41, 5.74) is 5.79. The van der Waals surface area contributed by atoms with E-state index in [0.717, 1.165) is 0 Å². The van der Waals surface area contributed by atoms with Gasteiger partial charge in [-0.05, 0) is 13.3 Å². The molecule has 2 heterocycles. The van der Waals surface area contributed by atoms with Gasteiger partial charge in [-0.1, -0.05) is 50.7 Å². The number of nitrogens with zero attached hydrogens (tertiary/aromatic N) is 1. The van der Waals surface area contributed by atoms with Gasteiger partial charge in [0.15, 0.2) is 0 Å². The molecule has 0 spiro atoms. The molecule has 2 fully saturated rings. The van der Waals surface area contributed by atoms with E-state index in [9.17, 15) is 9.59 Å². The summed E-state index contributed by atoms with van der Waals surface area (Å²) < 4.78 is 2.91. The summed E-state index contributed by atoms with van der Waals surface area (Å²) in [5.74, 6) is -0.818. The second-order valence-corrected chi connectivity index (χ2v) is 10.1. The number of amides is 1. The van der Waals surface area contributed by atoms with Crippen molar-refractivity contribution in [2.75, 3.05) is 11.9 Å². The third-order valence-electron chi connectivity index (χ3n) is 3.56. The summed E-state index contributed by atoms with van der Waals surface area (Å²) in [7, 11) is 0. The lowest BCUT2D eigenvalue weighted by atomic mass is 9.93. The summed E-state index contributed by atoms with van der Waals surface area (Å²) >= 11 is 21.7. The fourth-order valence-corrected chi connectivity index (χ4v) is 5.49. The number of rotatable bonds is 4. The maximum absolute atomic E-state index is 12.4. The molecule has 11 heteroatoms. The lowest BCUT2D eigenvalue weighted by Gasteiger charge is -2.42. The smallest absolute Gasteiger partial charge is 0.330 e. The van der Waals surface area contributed by atoms with Crippen molar-refractivity contribution in [3.8, 4) is 0 Å². The molecule has 22 heavy (non-hydrogen) atoms. The first-order valence-corrected chi connectivity index (χ1v) is 9.29. The number of nitrogens with two attached hydrogens (primary N) is 1. The first kappa shape index (κ1) is 20.9. The van der Waals surface area contributed by atoms with Crippen LogP contribution in [0.15, 0.2) is 0 Å². The molecule has 0 aromatic heterocycles. The van der Waals surface area contributed by atoms with Crippen LogP contribution in [0.25, 0.3) is 0 Å². The number of alkyl halides is 4. The lowest BCUT2D eigenvalue weighted by molar-refractivity contribution is -0.162. The molecule has 3 unspecified atom stereocenters. The van der Waals surface area contributed by atoms with E-state index in [1.807, 2.05) is 6.92 Å². The number of thioether (sulfide) groups is 1. The molecular formula is C11H15BrCl4N2O3S. The second kappa shape index (κ2) is 7.42. The van der Waals surface area contributed by atoms with Crippen LogP contribution >= 0.6 is 74.9 Å². The Morgan fingerprint density at radius 1 is 1.55 bits per heavy atom. The minimum absolute atomic E-state index is 0. The summed E-state index contributed by atoms with van der Waals surface area (Å²) in [6, 6.07) is -1.29. The fraction of sp³-hybridized carbons (Fsp3) is 0.818. The molecule has 128 valence electrons. The zero-order chi connectivity index (χ0) is 16.0. The van der Waals surface area contributed by atoms with E-state index in [0.29, 0.717) is 11.8 Å². The molecule has 0 radical (unpaired) electrons. The predicted octanol–water partition coefficient (Wildman–Crippen LogP) is 2.48. The molecule has 2 saturated heterocycles. The molecule has 2 aliphatic rings. The number of fused-ring (bicyclic) bond motifs is 1. The van der Waals surface area contributed by atoms with Gasteiger partial charge in [0.2, 0.25) is 9.70 Å². The summed E-state index contributed by atoms with van der Waals surface area (Å²) in [5, 5.41) is 0.487.